The fraction of sp³-hybridized carbons (Fsp3) is 0.469. The van der Waals surface area contributed by atoms with Crippen molar-refractivity contribution in [1.82, 2.24) is 24.3 Å². The van der Waals surface area contributed by atoms with Gasteiger partial charge in [0, 0.05) is 58.3 Å². The summed E-state index contributed by atoms with van der Waals surface area (Å²) in [6.45, 7) is 8.73. The first-order valence-corrected chi connectivity index (χ1v) is 14.2. The van der Waals surface area contributed by atoms with Gasteiger partial charge in [-0.15, -0.1) is 0 Å². The number of rotatable bonds is 12. The summed E-state index contributed by atoms with van der Waals surface area (Å²) in [5.41, 5.74) is 6.16. The number of aromatic amines is 1. The number of nitrogens with one attached hydrogen (secondary N) is 1. The van der Waals surface area contributed by atoms with Crippen LogP contribution in [-0.2, 0) is 33.7 Å². The van der Waals surface area contributed by atoms with Crippen molar-refractivity contribution < 1.29 is 19.1 Å². The lowest BCUT2D eigenvalue weighted by Crippen LogP contribution is -2.35. The predicted octanol–water partition coefficient (Wildman–Crippen LogP) is 4.19. The number of nitrogens with zero attached hydrogens (tertiary/aromatic N) is 4. The highest BCUT2D eigenvalue weighted by Gasteiger charge is 2.25. The van der Waals surface area contributed by atoms with Crippen LogP contribution in [0.2, 0.25) is 0 Å². The van der Waals surface area contributed by atoms with Gasteiger partial charge in [0.05, 0.1) is 17.6 Å². The molecule has 0 bridgehead atoms. The van der Waals surface area contributed by atoms with Crippen molar-refractivity contribution >= 4 is 28.8 Å². The SMILES string of the molecule is Cc1cnc2c(C)c(Cn3cccc(CC(=O)[C@H](CC/C=C/C(=O)N(C)C)OC(=O)N(C)C)c3=O)[nH]c2c1CC(C)C. The zero-order valence-electron chi connectivity index (χ0n) is 26.0. The Morgan fingerprint density at radius 1 is 1.12 bits per heavy atom. The van der Waals surface area contributed by atoms with Crippen LogP contribution in [0.15, 0.2) is 41.5 Å². The van der Waals surface area contributed by atoms with E-state index in [1.54, 1.807) is 43.1 Å². The molecule has 226 valence electrons. The van der Waals surface area contributed by atoms with Crippen molar-refractivity contribution in [3.8, 4) is 0 Å². The van der Waals surface area contributed by atoms with E-state index < -0.39 is 12.2 Å². The molecule has 42 heavy (non-hydrogen) atoms. The Bertz CT molecular complexity index is 1530. The molecule has 3 heterocycles. The van der Waals surface area contributed by atoms with E-state index in [1.165, 1.54) is 35.5 Å². The van der Waals surface area contributed by atoms with Crippen LogP contribution in [0.1, 0.15) is 54.6 Å². The molecular formula is C32H43N5O5. The molecule has 0 spiro atoms. The first-order valence-electron chi connectivity index (χ1n) is 14.2. The molecule has 3 rings (SSSR count). The largest absolute Gasteiger partial charge is 0.438 e. The Hall–Kier alpha value is -4.21. The van der Waals surface area contributed by atoms with Gasteiger partial charge in [0.2, 0.25) is 5.91 Å². The smallest absolute Gasteiger partial charge is 0.409 e. The molecule has 0 saturated heterocycles. The number of H-pyrrole nitrogens is 1. The van der Waals surface area contributed by atoms with Gasteiger partial charge in [-0.05, 0) is 67.9 Å². The zero-order valence-corrected chi connectivity index (χ0v) is 26.0. The van der Waals surface area contributed by atoms with E-state index in [0.717, 1.165) is 34.3 Å². The Balaban J connectivity index is 1.83. The molecule has 0 aliphatic rings. The van der Waals surface area contributed by atoms with E-state index in [0.29, 0.717) is 24.4 Å². The molecule has 0 radical (unpaired) electrons. The number of amides is 2. The Labute approximate surface area is 247 Å². The maximum absolute atomic E-state index is 13.5. The summed E-state index contributed by atoms with van der Waals surface area (Å²) < 4.78 is 7.03. The Morgan fingerprint density at radius 3 is 2.48 bits per heavy atom. The van der Waals surface area contributed by atoms with Crippen molar-refractivity contribution in [3.05, 3.63) is 75.0 Å². The topological polar surface area (TPSA) is 118 Å². The summed E-state index contributed by atoms with van der Waals surface area (Å²) in [4.78, 5) is 61.7. The summed E-state index contributed by atoms with van der Waals surface area (Å²) in [5.74, 6) is -0.0805. The van der Waals surface area contributed by atoms with Crippen molar-refractivity contribution in [2.45, 2.75) is 66.0 Å². The van der Waals surface area contributed by atoms with Gasteiger partial charge in [-0.1, -0.05) is 26.0 Å². The van der Waals surface area contributed by atoms with Crippen LogP contribution in [-0.4, -0.2) is 76.4 Å². The van der Waals surface area contributed by atoms with Crippen molar-refractivity contribution in [1.29, 1.82) is 0 Å². The second-order valence-electron chi connectivity index (χ2n) is 11.6. The molecule has 10 nitrogen and oxygen atoms in total. The highest BCUT2D eigenvalue weighted by atomic mass is 16.6. The summed E-state index contributed by atoms with van der Waals surface area (Å²) in [6.07, 6.45) is 6.23. The molecular weight excluding hydrogens is 534 g/mol. The average molecular weight is 578 g/mol. The molecule has 1 N–H and O–H groups in total. The summed E-state index contributed by atoms with van der Waals surface area (Å²) in [5, 5.41) is 0. The second-order valence-corrected chi connectivity index (χ2v) is 11.6. The molecule has 0 unspecified atom stereocenters. The van der Waals surface area contributed by atoms with Gasteiger partial charge in [-0.25, -0.2) is 4.79 Å². The standard InChI is InChI=1S/C32H43N5O5/c1-20(2)16-24-21(3)18-33-29-22(4)25(34-30(24)29)19-37-15-11-12-23(31(37)40)17-26(38)27(42-32(41)36(7)8)13-9-10-14-28(39)35(5)6/h10-12,14-15,18,20,27,34H,9,13,16-17,19H2,1-8H3/b14-10+/t27-/m0/s1. The molecule has 0 aliphatic heterocycles. The minimum absolute atomic E-state index is 0.180. The molecule has 0 saturated carbocycles. The van der Waals surface area contributed by atoms with Crippen LogP contribution in [0.5, 0.6) is 0 Å². The highest BCUT2D eigenvalue weighted by molar-refractivity contribution is 5.88. The number of pyridine rings is 2. The molecule has 3 aromatic heterocycles. The minimum Gasteiger partial charge on any atom is -0.438 e. The van der Waals surface area contributed by atoms with Gasteiger partial charge >= 0.3 is 6.09 Å². The van der Waals surface area contributed by atoms with E-state index in [1.807, 2.05) is 13.1 Å². The number of hydrogen-bond acceptors (Lipinski definition) is 6. The van der Waals surface area contributed by atoms with Crippen molar-refractivity contribution in [2.24, 2.45) is 5.92 Å². The van der Waals surface area contributed by atoms with Crippen LogP contribution in [0.4, 0.5) is 4.79 Å². The fourth-order valence-electron chi connectivity index (χ4n) is 4.69. The first-order chi connectivity index (χ1) is 19.8. The van der Waals surface area contributed by atoms with Gasteiger partial charge in [-0.3, -0.25) is 19.4 Å². The number of aryl methyl sites for hydroxylation is 2. The van der Waals surface area contributed by atoms with Crippen LogP contribution in [0.25, 0.3) is 11.0 Å². The molecule has 2 amide bonds. The number of Topliss-reactive ketones (excluding diaryl/α,β-unsaturated/α-hetero) is 1. The second kappa shape index (κ2) is 14.1. The van der Waals surface area contributed by atoms with E-state index >= 15 is 0 Å². The predicted molar refractivity (Wildman–Crippen MR) is 164 cm³/mol. The molecule has 0 aliphatic carbocycles. The fourth-order valence-corrected chi connectivity index (χ4v) is 4.69. The third kappa shape index (κ3) is 7.96. The van der Waals surface area contributed by atoms with E-state index in [4.69, 9.17) is 4.74 Å². The maximum Gasteiger partial charge on any atom is 0.409 e. The lowest BCUT2D eigenvalue weighted by Gasteiger charge is -2.19. The molecule has 0 fully saturated rings. The molecule has 10 heteroatoms. The van der Waals surface area contributed by atoms with Crippen LogP contribution in [0.3, 0.4) is 0 Å². The normalized spacial score (nSPS) is 12.2. The Morgan fingerprint density at radius 2 is 1.83 bits per heavy atom. The third-order valence-corrected chi connectivity index (χ3v) is 7.15. The lowest BCUT2D eigenvalue weighted by atomic mass is 9.98. The zero-order chi connectivity index (χ0) is 31.1. The van der Waals surface area contributed by atoms with Crippen molar-refractivity contribution in [2.75, 3.05) is 28.2 Å². The third-order valence-electron chi connectivity index (χ3n) is 7.15. The summed E-state index contributed by atoms with van der Waals surface area (Å²) in [6, 6.07) is 3.37. The minimum atomic E-state index is -1.06. The number of ketones is 1. The maximum atomic E-state index is 13.5. The number of fused-ring (bicyclic) bond motifs is 1. The lowest BCUT2D eigenvalue weighted by molar-refractivity contribution is -0.127. The van der Waals surface area contributed by atoms with Crippen LogP contribution in [0, 0.1) is 19.8 Å². The van der Waals surface area contributed by atoms with Gasteiger partial charge in [0.15, 0.2) is 11.9 Å². The number of carbonyl (C=O) groups excluding carboxylic acids is 3. The number of hydrogen-bond donors (Lipinski definition) is 1. The van der Waals surface area contributed by atoms with Crippen LogP contribution < -0.4 is 5.56 Å². The van der Waals surface area contributed by atoms with Crippen molar-refractivity contribution in [3.63, 3.8) is 0 Å². The molecule has 0 aromatic carbocycles. The summed E-state index contributed by atoms with van der Waals surface area (Å²) in [7, 11) is 6.35. The number of ether oxygens (including phenoxy) is 1. The molecule has 1 atom stereocenters. The van der Waals surface area contributed by atoms with E-state index in [9.17, 15) is 19.2 Å². The number of aromatic nitrogens is 3. The average Bonchev–Trinajstić information content (AvgIpc) is 3.24. The quantitative estimate of drug-likeness (QED) is 0.323. The first kappa shape index (κ1) is 32.3. The number of carbonyl (C=O) groups is 3. The monoisotopic (exact) mass is 577 g/mol. The molecule has 3 aromatic rings. The number of allylic oxidation sites excluding steroid dienone is 1. The van der Waals surface area contributed by atoms with Gasteiger partial charge < -0.3 is 24.1 Å². The highest BCUT2D eigenvalue weighted by Crippen LogP contribution is 2.27. The van der Waals surface area contributed by atoms with Gasteiger partial charge in [-0.2, -0.15) is 0 Å². The Kier molecular flexibility index (Phi) is 10.9. The van der Waals surface area contributed by atoms with E-state index in [-0.39, 0.29) is 30.1 Å². The summed E-state index contributed by atoms with van der Waals surface area (Å²) >= 11 is 0. The van der Waals surface area contributed by atoms with Crippen LogP contribution >= 0.6 is 0 Å². The van der Waals surface area contributed by atoms with Gasteiger partial charge in [0.1, 0.15) is 0 Å². The number of likely N-dealkylation sites (N-methyl/N-ethyl adjacent to an activating group) is 1. The van der Waals surface area contributed by atoms with Gasteiger partial charge in [0.25, 0.3) is 5.56 Å². The van der Waals surface area contributed by atoms with E-state index in [2.05, 4.69) is 30.7 Å².